The molecule has 1 heterocycles. The lowest BCUT2D eigenvalue weighted by molar-refractivity contribution is -0.174. The molecule has 0 amide bonds. The predicted molar refractivity (Wildman–Crippen MR) is 83.1 cm³/mol. The summed E-state index contributed by atoms with van der Waals surface area (Å²) >= 11 is 1.85. The second-order valence-corrected chi connectivity index (χ2v) is 7.37. The van der Waals surface area contributed by atoms with Crippen molar-refractivity contribution in [1.82, 2.24) is 10.3 Å². The number of hydrogen-bond acceptors (Lipinski definition) is 4. The fourth-order valence-corrected chi connectivity index (χ4v) is 4.60. The van der Waals surface area contributed by atoms with Gasteiger partial charge >= 0.3 is 0 Å². The molecule has 0 radical (unpaired) electrons. The van der Waals surface area contributed by atoms with Crippen molar-refractivity contribution < 1.29 is 4.74 Å². The normalized spacial score (nSPS) is 28.9. The van der Waals surface area contributed by atoms with Crippen molar-refractivity contribution in [1.29, 1.82) is 0 Å². The molecule has 3 atom stereocenters. The minimum atomic E-state index is 0.366. The van der Waals surface area contributed by atoms with Crippen LogP contribution in [0.2, 0.25) is 0 Å². The molecule has 1 spiro atoms. The highest BCUT2D eigenvalue weighted by Gasteiger charge is 2.58. The molecule has 2 saturated carbocycles. The number of nitrogens with one attached hydrogen (secondary N) is 1. The molecule has 0 aromatic carbocycles. The molecule has 3 unspecified atom stereocenters. The molecule has 2 aliphatic rings. The molecule has 0 aliphatic heterocycles. The van der Waals surface area contributed by atoms with Crippen molar-refractivity contribution in [2.75, 3.05) is 6.61 Å². The van der Waals surface area contributed by atoms with E-state index in [9.17, 15) is 0 Å². The molecule has 1 N–H and O–H groups in total. The zero-order valence-corrected chi connectivity index (χ0v) is 13.6. The molecule has 3 nitrogen and oxygen atoms in total. The van der Waals surface area contributed by atoms with E-state index >= 15 is 0 Å². The summed E-state index contributed by atoms with van der Waals surface area (Å²) in [6.07, 6.45) is 8.82. The van der Waals surface area contributed by atoms with E-state index in [1.807, 2.05) is 17.5 Å². The third-order valence-corrected chi connectivity index (χ3v) is 6.50. The van der Waals surface area contributed by atoms with Crippen molar-refractivity contribution in [3.05, 3.63) is 16.1 Å². The van der Waals surface area contributed by atoms with E-state index in [-0.39, 0.29) is 0 Å². The molecule has 1 aromatic rings. The summed E-state index contributed by atoms with van der Waals surface area (Å²) in [6, 6.07) is 0.988. The number of rotatable bonds is 6. The standard InChI is InChI=1S/C16H26N2OS/c1-4-12-10-17-15(20-12)11(3)18-13-9-14(19-5-2)16(13)7-6-8-16/h10-11,13-14,18H,4-9H2,1-3H3. The summed E-state index contributed by atoms with van der Waals surface area (Å²) < 4.78 is 5.92. The minimum absolute atomic E-state index is 0.366. The Kier molecular flexibility index (Phi) is 4.16. The van der Waals surface area contributed by atoms with Gasteiger partial charge in [-0.3, -0.25) is 0 Å². The second kappa shape index (κ2) is 5.74. The SMILES string of the molecule is CCOC1CC(NC(C)c2ncc(CC)s2)C12CCC2. The van der Waals surface area contributed by atoms with Gasteiger partial charge in [0.05, 0.1) is 12.1 Å². The fourth-order valence-electron chi connectivity index (χ4n) is 3.73. The van der Waals surface area contributed by atoms with Crippen LogP contribution in [0, 0.1) is 5.41 Å². The largest absolute Gasteiger partial charge is 0.378 e. The van der Waals surface area contributed by atoms with E-state index in [0.717, 1.165) is 13.0 Å². The van der Waals surface area contributed by atoms with Crippen LogP contribution in [0.25, 0.3) is 0 Å². The summed E-state index contributed by atoms with van der Waals surface area (Å²) in [4.78, 5) is 5.95. The third kappa shape index (κ3) is 2.32. The lowest BCUT2D eigenvalue weighted by atomic mass is 9.51. The number of hydrogen-bond donors (Lipinski definition) is 1. The number of aromatic nitrogens is 1. The quantitative estimate of drug-likeness (QED) is 0.868. The van der Waals surface area contributed by atoms with Crippen molar-refractivity contribution in [3.8, 4) is 0 Å². The zero-order chi connectivity index (χ0) is 14.2. The Balaban J connectivity index is 1.61. The van der Waals surface area contributed by atoms with Gasteiger partial charge in [-0.2, -0.15) is 0 Å². The van der Waals surface area contributed by atoms with Crippen LogP contribution in [-0.2, 0) is 11.2 Å². The second-order valence-electron chi connectivity index (χ2n) is 6.23. The van der Waals surface area contributed by atoms with Gasteiger partial charge in [0.25, 0.3) is 0 Å². The van der Waals surface area contributed by atoms with E-state index in [4.69, 9.17) is 4.74 Å². The first-order valence-electron chi connectivity index (χ1n) is 8.02. The van der Waals surface area contributed by atoms with Crippen molar-refractivity contribution in [2.45, 2.75) is 71.1 Å². The van der Waals surface area contributed by atoms with E-state index < -0.39 is 0 Å². The molecule has 4 heteroatoms. The molecule has 1 aromatic heterocycles. The molecule has 2 aliphatic carbocycles. The van der Waals surface area contributed by atoms with Gasteiger partial charge in [-0.05, 0) is 39.5 Å². The highest BCUT2D eigenvalue weighted by atomic mass is 32.1. The number of aryl methyl sites for hydroxylation is 1. The summed E-state index contributed by atoms with van der Waals surface area (Å²) in [5.74, 6) is 0. The van der Waals surface area contributed by atoms with Gasteiger partial charge in [0.1, 0.15) is 5.01 Å². The van der Waals surface area contributed by atoms with Gasteiger partial charge in [-0.1, -0.05) is 13.3 Å². The number of thiazole rings is 1. The highest BCUT2D eigenvalue weighted by Crippen LogP contribution is 2.57. The smallest absolute Gasteiger partial charge is 0.109 e. The maximum Gasteiger partial charge on any atom is 0.109 e. The van der Waals surface area contributed by atoms with Crippen LogP contribution < -0.4 is 5.32 Å². The Morgan fingerprint density at radius 1 is 1.50 bits per heavy atom. The first kappa shape index (κ1) is 14.5. The van der Waals surface area contributed by atoms with Crippen LogP contribution >= 0.6 is 11.3 Å². The van der Waals surface area contributed by atoms with E-state index in [1.165, 1.54) is 35.6 Å². The average molecular weight is 294 g/mol. The lowest BCUT2D eigenvalue weighted by Crippen LogP contribution is -2.67. The Morgan fingerprint density at radius 2 is 2.30 bits per heavy atom. The third-order valence-electron chi connectivity index (χ3n) is 5.18. The van der Waals surface area contributed by atoms with Gasteiger partial charge < -0.3 is 10.1 Å². The predicted octanol–water partition coefficient (Wildman–Crippen LogP) is 3.70. The number of nitrogens with zero attached hydrogens (tertiary/aromatic N) is 1. The number of ether oxygens (including phenoxy) is 1. The molecule has 3 rings (SSSR count). The lowest BCUT2D eigenvalue weighted by Gasteiger charge is -2.61. The van der Waals surface area contributed by atoms with E-state index in [0.29, 0.717) is 23.6 Å². The van der Waals surface area contributed by atoms with E-state index in [2.05, 4.69) is 31.1 Å². The summed E-state index contributed by atoms with van der Waals surface area (Å²) in [6.45, 7) is 7.40. The van der Waals surface area contributed by atoms with Crippen molar-refractivity contribution in [3.63, 3.8) is 0 Å². The molecule has 2 fully saturated rings. The Morgan fingerprint density at radius 3 is 2.85 bits per heavy atom. The maximum atomic E-state index is 5.92. The average Bonchev–Trinajstić information content (AvgIpc) is 2.84. The molecule has 0 bridgehead atoms. The zero-order valence-electron chi connectivity index (χ0n) is 12.8. The molecule has 20 heavy (non-hydrogen) atoms. The maximum absolute atomic E-state index is 5.92. The van der Waals surface area contributed by atoms with Crippen LogP contribution in [0.3, 0.4) is 0 Å². The summed E-state index contributed by atoms with van der Waals surface area (Å²) in [5.41, 5.74) is 0.440. The first-order chi connectivity index (χ1) is 9.69. The van der Waals surface area contributed by atoms with Crippen LogP contribution in [-0.4, -0.2) is 23.7 Å². The van der Waals surface area contributed by atoms with Crippen LogP contribution in [0.5, 0.6) is 0 Å². The van der Waals surface area contributed by atoms with Gasteiger partial charge in [-0.15, -0.1) is 11.3 Å². The highest BCUT2D eigenvalue weighted by molar-refractivity contribution is 7.11. The molecular formula is C16H26N2OS. The van der Waals surface area contributed by atoms with Gasteiger partial charge in [0.15, 0.2) is 0 Å². The first-order valence-corrected chi connectivity index (χ1v) is 8.83. The van der Waals surface area contributed by atoms with Gasteiger partial charge in [-0.25, -0.2) is 4.98 Å². The Hall–Kier alpha value is -0.450. The monoisotopic (exact) mass is 294 g/mol. The van der Waals surface area contributed by atoms with Crippen LogP contribution in [0.15, 0.2) is 6.20 Å². The fraction of sp³-hybridized carbons (Fsp3) is 0.812. The minimum Gasteiger partial charge on any atom is -0.378 e. The van der Waals surface area contributed by atoms with E-state index in [1.54, 1.807) is 0 Å². The van der Waals surface area contributed by atoms with Crippen LogP contribution in [0.1, 0.15) is 62.4 Å². The summed E-state index contributed by atoms with van der Waals surface area (Å²) in [5, 5.41) is 5.05. The van der Waals surface area contributed by atoms with Crippen LogP contribution in [0.4, 0.5) is 0 Å². The topological polar surface area (TPSA) is 34.1 Å². The molecule has 112 valence electrons. The van der Waals surface area contributed by atoms with Gasteiger partial charge in [0, 0.05) is 29.1 Å². The molecular weight excluding hydrogens is 268 g/mol. The Bertz CT molecular complexity index is 455. The van der Waals surface area contributed by atoms with Crippen molar-refractivity contribution in [2.24, 2.45) is 5.41 Å². The van der Waals surface area contributed by atoms with Gasteiger partial charge in [0.2, 0.25) is 0 Å². The molecule has 0 saturated heterocycles. The summed E-state index contributed by atoms with van der Waals surface area (Å²) in [7, 11) is 0. The van der Waals surface area contributed by atoms with Crippen molar-refractivity contribution >= 4 is 11.3 Å². The Labute approximate surface area is 126 Å².